The summed E-state index contributed by atoms with van der Waals surface area (Å²) in [5.41, 5.74) is 7.45. The highest BCUT2D eigenvalue weighted by Crippen LogP contribution is 2.38. The largest absolute Gasteiger partial charge is 0.465 e. The van der Waals surface area contributed by atoms with Crippen LogP contribution in [0.3, 0.4) is 0 Å². The van der Waals surface area contributed by atoms with Crippen LogP contribution >= 0.6 is 0 Å². The number of rotatable bonds is 8. The van der Waals surface area contributed by atoms with Gasteiger partial charge in [-0.15, -0.1) is 0 Å². The topological polar surface area (TPSA) is 59.8 Å². The number of carbonyl (C=O) groups is 2. The Bertz CT molecular complexity index is 1640. The Hall–Kier alpha value is -4.90. The van der Waals surface area contributed by atoms with Gasteiger partial charge in [0, 0.05) is 17.3 Å². The fraction of sp³-hybridized carbons (Fsp3) is 0.189. The van der Waals surface area contributed by atoms with E-state index in [2.05, 4.69) is 30.3 Å². The average Bonchev–Trinajstić information content (AvgIpc) is 3.48. The molecular weight excluding hydrogens is 522 g/mol. The molecule has 1 unspecified atom stereocenters. The van der Waals surface area contributed by atoms with Crippen LogP contribution in [0.4, 0.5) is 11.4 Å². The number of hydrogen-bond donors (Lipinski definition) is 0. The van der Waals surface area contributed by atoms with E-state index in [4.69, 9.17) is 9.15 Å². The Kier molecular flexibility index (Phi) is 8.00. The van der Waals surface area contributed by atoms with Gasteiger partial charge < -0.3 is 9.15 Å². The zero-order valence-corrected chi connectivity index (χ0v) is 23.7. The van der Waals surface area contributed by atoms with Gasteiger partial charge in [-0.3, -0.25) is 9.69 Å². The van der Waals surface area contributed by atoms with Gasteiger partial charge in [-0.05, 0) is 96.8 Å². The number of amides is 1. The maximum Gasteiger partial charge on any atom is 0.337 e. The Labute approximate surface area is 246 Å². The molecule has 5 nitrogen and oxygen atoms in total. The highest BCUT2D eigenvalue weighted by Gasteiger charge is 2.30. The van der Waals surface area contributed by atoms with Crippen LogP contribution in [0.15, 0.2) is 120 Å². The van der Waals surface area contributed by atoms with Gasteiger partial charge in [0.1, 0.15) is 5.76 Å². The minimum Gasteiger partial charge on any atom is -0.465 e. The first-order valence-corrected chi connectivity index (χ1v) is 14.4. The van der Waals surface area contributed by atoms with Crippen molar-refractivity contribution in [2.75, 3.05) is 12.0 Å². The van der Waals surface area contributed by atoms with Gasteiger partial charge >= 0.3 is 5.97 Å². The molecule has 3 aromatic carbocycles. The van der Waals surface area contributed by atoms with E-state index >= 15 is 0 Å². The van der Waals surface area contributed by atoms with Crippen molar-refractivity contribution in [3.63, 3.8) is 0 Å². The zero-order valence-electron chi connectivity index (χ0n) is 23.7. The monoisotopic (exact) mass is 555 g/mol. The third kappa shape index (κ3) is 5.77. The molecule has 1 amide bonds. The minimum atomic E-state index is -0.474. The van der Waals surface area contributed by atoms with Crippen molar-refractivity contribution in [3.8, 4) is 11.3 Å². The van der Waals surface area contributed by atoms with E-state index in [1.807, 2.05) is 66.7 Å². The van der Waals surface area contributed by atoms with Gasteiger partial charge in [-0.2, -0.15) is 0 Å². The Morgan fingerprint density at radius 1 is 0.833 bits per heavy atom. The maximum atomic E-state index is 14.7. The van der Waals surface area contributed by atoms with Crippen molar-refractivity contribution < 1.29 is 18.7 Å². The molecule has 0 saturated carbocycles. The normalized spacial score (nSPS) is 13.8. The molecule has 0 saturated heterocycles. The lowest BCUT2D eigenvalue weighted by Gasteiger charge is -2.28. The number of methoxy groups -OCH3 is 1. The lowest BCUT2D eigenvalue weighted by atomic mass is 9.87. The van der Waals surface area contributed by atoms with Gasteiger partial charge in [0.2, 0.25) is 5.91 Å². The molecule has 3 aliphatic rings. The highest BCUT2D eigenvalue weighted by atomic mass is 16.5. The van der Waals surface area contributed by atoms with Crippen LogP contribution in [0.2, 0.25) is 0 Å². The van der Waals surface area contributed by atoms with E-state index in [-0.39, 0.29) is 11.9 Å². The number of carbonyl (C=O) groups excluding carboxylic acids is 2. The van der Waals surface area contributed by atoms with E-state index < -0.39 is 5.92 Å². The van der Waals surface area contributed by atoms with Crippen molar-refractivity contribution in [2.24, 2.45) is 0 Å². The molecule has 0 radical (unpaired) electrons. The van der Waals surface area contributed by atoms with Gasteiger partial charge in [0.05, 0.1) is 30.5 Å². The van der Waals surface area contributed by atoms with Crippen LogP contribution in [0.5, 0.6) is 0 Å². The molecule has 6 rings (SSSR count). The van der Waals surface area contributed by atoms with Crippen molar-refractivity contribution in [1.82, 2.24) is 0 Å². The van der Waals surface area contributed by atoms with Crippen LogP contribution in [0.25, 0.3) is 16.9 Å². The highest BCUT2D eigenvalue weighted by molar-refractivity contribution is 6.05. The lowest BCUT2D eigenvalue weighted by molar-refractivity contribution is -0.119. The van der Waals surface area contributed by atoms with Crippen LogP contribution in [0.1, 0.15) is 58.6 Å². The Morgan fingerprint density at radius 3 is 2.31 bits per heavy atom. The molecule has 42 heavy (non-hydrogen) atoms. The molecule has 210 valence electrons. The fourth-order valence-electron chi connectivity index (χ4n) is 5.75. The number of para-hydroxylation sites is 1. The van der Waals surface area contributed by atoms with E-state index in [1.165, 1.54) is 31.1 Å². The number of fused-ring (bicyclic) bond motifs is 1. The summed E-state index contributed by atoms with van der Waals surface area (Å²) in [5.74, 6) is -0.177. The lowest BCUT2D eigenvalue weighted by Crippen LogP contribution is -2.32. The van der Waals surface area contributed by atoms with Crippen LogP contribution in [-0.2, 0) is 16.0 Å². The van der Waals surface area contributed by atoms with Crippen LogP contribution in [0, 0.1) is 0 Å². The first kappa shape index (κ1) is 27.3. The number of esters is 1. The summed E-state index contributed by atoms with van der Waals surface area (Å²) in [6.45, 7) is 0. The smallest absolute Gasteiger partial charge is 0.337 e. The van der Waals surface area contributed by atoms with Gasteiger partial charge in [-0.1, -0.05) is 60.7 Å². The van der Waals surface area contributed by atoms with E-state index in [1.54, 1.807) is 23.3 Å². The number of ether oxygens (including phenoxy) is 1. The minimum absolute atomic E-state index is 0.0433. The number of hydrogen-bond acceptors (Lipinski definition) is 4. The van der Waals surface area contributed by atoms with Crippen molar-refractivity contribution in [2.45, 2.75) is 38.0 Å². The number of benzene rings is 3. The molecular formula is C37H33NO4. The zero-order chi connectivity index (χ0) is 28.9. The molecule has 0 fully saturated rings. The van der Waals surface area contributed by atoms with Gasteiger partial charge in [0.15, 0.2) is 0 Å². The van der Waals surface area contributed by atoms with Crippen molar-refractivity contribution in [3.05, 3.63) is 138 Å². The summed E-state index contributed by atoms with van der Waals surface area (Å²) in [4.78, 5) is 28.6. The Balaban J connectivity index is 1.41. The molecule has 0 N–H and O–H groups in total. The molecule has 3 aromatic rings. The summed E-state index contributed by atoms with van der Waals surface area (Å²) < 4.78 is 10.6. The molecule has 0 spiro atoms. The predicted octanol–water partition coefficient (Wildman–Crippen LogP) is 8.82. The molecule has 0 aromatic heterocycles. The SMILES string of the molecule is COC(=O)c1ccc(CC(C(=O)N(c2ccccc2)c2cc3cccoc-3c2)c2ccc(C3=CCCCC3)cc2)cc1. The predicted molar refractivity (Wildman–Crippen MR) is 166 cm³/mol. The number of anilines is 2. The van der Waals surface area contributed by atoms with Crippen molar-refractivity contribution in [1.29, 1.82) is 0 Å². The molecule has 0 bridgehead atoms. The average molecular weight is 556 g/mol. The molecule has 1 heterocycles. The van der Waals surface area contributed by atoms with Crippen LogP contribution in [-0.4, -0.2) is 19.0 Å². The third-order valence-electron chi connectivity index (χ3n) is 8.00. The number of nitrogens with zero attached hydrogens (tertiary/aromatic N) is 1. The van der Waals surface area contributed by atoms with E-state index in [9.17, 15) is 9.59 Å². The summed E-state index contributed by atoms with van der Waals surface area (Å²) in [6.07, 6.45) is 9.11. The third-order valence-corrected chi connectivity index (χ3v) is 8.00. The molecule has 2 aliphatic carbocycles. The summed E-state index contributed by atoms with van der Waals surface area (Å²) in [7, 11) is 1.37. The van der Waals surface area contributed by atoms with Gasteiger partial charge in [0.25, 0.3) is 0 Å². The quantitative estimate of drug-likeness (QED) is 0.180. The fourth-order valence-corrected chi connectivity index (χ4v) is 5.75. The molecule has 5 heteroatoms. The standard InChI is InChI=1S/C37H33NO4/c1-41-37(40)30-16-14-26(15-17-30)23-34(29-20-18-28(19-21-29)27-9-4-2-5-10-27)36(39)38(32-12-6-3-7-13-32)33-24-31-11-8-22-42-35(31)25-33/h3,6-9,11-22,24-25,34H,2,4-5,10,23H2,1H3. The van der Waals surface area contributed by atoms with Crippen LogP contribution < -0.4 is 4.90 Å². The first-order chi connectivity index (χ1) is 20.6. The Morgan fingerprint density at radius 2 is 1.62 bits per heavy atom. The summed E-state index contributed by atoms with van der Waals surface area (Å²) >= 11 is 0. The van der Waals surface area contributed by atoms with Gasteiger partial charge in [-0.25, -0.2) is 4.79 Å². The second-order valence-electron chi connectivity index (χ2n) is 10.7. The second-order valence-corrected chi connectivity index (χ2v) is 10.7. The van der Waals surface area contributed by atoms with E-state index in [0.29, 0.717) is 12.0 Å². The first-order valence-electron chi connectivity index (χ1n) is 14.4. The van der Waals surface area contributed by atoms with Crippen molar-refractivity contribution >= 4 is 28.8 Å². The molecule has 1 aliphatic heterocycles. The summed E-state index contributed by atoms with van der Waals surface area (Å²) in [6, 6.07) is 33.3. The second kappa shape index (κ2) is 12.3. The number of allylic oxidation sites excluding steroid dienone is 2. The summed E-state index contributed by atoms with van der Waals surface area (Å²) in [5, 5.41) is 0. The van der Waals surface area contributed by atoms with E-state index in [0.717, 1.165) is 46.7 Å². The molecule has 1 atom stereocenters. The maximum absolute atomic E-state index is 14.7.